The summed E-state index contributed by atoms with van der Waals surface area (Å²) in [6.45, 7) is 0.898. The number of carbonyl (C=O) groups is 1. The third-order valence-electron chi connectivity index (χ3n) is 8.43. The van der Waals surface area contributed by atoms with Crippen LogP contribution in [0.5, 0.6) is 5.75 Å². The van der Waals surface area contributed by atoms with Crippen molar-refractivity contribution in [1.29, 1.82) is 0 Å². The van der Waals surface area contributed by atoms with Crippen LogP contribution in [0.25, 0.3) is 16.9 Å². The monoisotopic (exact) mass is 651 g/mol. The molecule has 2 fully saturated rings. The van der Waals surface area contributed by atoms with Crippen molar-refractivity contribution in [3.05, 3.63) is 66.5 Å². The normalized spacial score (nSPS) is 17.7. The first-order valence-corrected chi connectivity index (χ1v) is 16.2. The number of nitrogens with zero attached hydrogens (tertiary/aromatic N) is 8. The number of aromatic nitrogens is 8. The highest BCUT2D eigenvalue weighted by molar-refractivity contribution is 7.98. The Morgan fingerprint density at radius 2 is 2.15 bits per heavy atom. The predicted molar refractivity (Wildman–Crippen MR) is 164 cm³/mol. The van der Waals surface area contributed by atoms with E-state index in [4.69, 9.17) is 14.6 Å². The number of likely N-dealkylation sites (tertiary alicyclic amines) is 1. The summed E-state index contributed by atoms with van der Waals surface area (Å²) in [4.78, 5) is 21.1. The minimum absolute atomic E-state index is 0.0562. The Kier molecular flexibility index (Phi) is 8.64. The molecule has 1 aromatic carbocycles. The standard InChI is InChI=1S/C30H32F2N10O3S/c1-46-22-3-4-26(45-30(31)32)23(13-22)27-25(35-29(43)24-14-34-41-9-2-8-33-28(24)41)17-40(37-27)15-19-16-42(38-36-19)20-5-10-39(11-6-20)21-7-12-44-18-21/h2-4,8-9,13-14,16-17,20-21,30H,5-7,10-12,15,18H2,1H3,(H,35,43)/p+1. The molecule has 6 heterocycles. The molecule has 1 unspecified atom stereocenters. The van der Waals surface area contributed by atoms with E-state index in [1.165, 1.54) is 28.5 Å². The van der Waals surface area contributed by atoms with Crippen LogP contribution in [0.2, 0.25) is 0 Å². The number of ether oxygens (including phenoxy) is 2. The van der Waals surface area contributed by atoms with E-state index >= 15 is 0 Å². The largest absolute Gasteiger partial charge is 0.434 e. The maximum absolute atomic E-state index is 13.5. The average molecular weight is 652 g/mol. The quantitative estimate of drug-likeness (QED) is 0.172. The number of alkyl halides is 2. The first-order valence-electron chi connectivity index (χ1n) is 15.0. The van der Waals surface area contributed by atoms with Crippen molar-refractivity contribution >= 4 is 29.0 Å². The molecule has 240 valence electrons. The molecule has 0 saturated carbocycles. The second-order valence-corrected chi connectivity index (χ2v) is 12.1. The first kappa shape index (κ1) is 30.3. The zero-order chi connectivity index (χ0) is 31.6. The van der Waals surface area contributed by atoms with Gasteiger partial charge in [0, 0.05) is 72.7 Å². The minimum Gasteiger partial charge on any atom is -0.434 e. The average Bonchev–Trinajstić information content (AvgIpc) is 3.89. The number of nitrogens with one attached hydrogen (secondary N) is 2. The van der Waals surface area contributed by atoms with Gasteiger partial charge in [-0.1, -0.05) is 5.21 Å². The van der Waals surface area contributed by atoms with Crippen molar-refractivity contribution in [1.82, 2.24) is 39.6 Å². The topological polar surface area (TPSA) is 131 Å². The fourth-order valence-corrected chi connectivity index (χ4v) is 6.54. The molecule has 2 aliphatic rings. The van der Waals surface area contributed by atoms with Crippen LogP contribution in [-0.2, 0) is 11.3 Å². The molecule has 5 aromatic rings. The van der Waals surface area contributed by atoms with Crippen molar-refractivity contribution < 1.29 is 27.7 Å². The van der Waals surface area contributed by atoms with Crippen LogP contribution in [0, 0.1) is 0 Å². The Morgan fingerprint density at radius 1 is 1.28 bits per heavy atom. The van der Waals surface area contributed by atoms with Crippen LogP contribution in [-0.4, -0.2) is 90.7 Å². The molecule has 2 saturated heterocycles. The number of fused-ring (bicyclic) bond motifs is 1. The van der Waals surface area contributed by atoms with E-state index < -0.39 is 12.5 Å². The van der Waals surface area contributed by atoms with E-state index in [0.29, 0.717) is 29.0 Å². The number of benzene rings is 1. The summed E-state index contributed by atoms with van der Waals surface area (Å²) in [5.74, 6) is -0.528. The highest BCUT2D eigenvalue weighted by Gasteiger charge is 2.31. The van der Waals surface area contributed by atoms with Gasteiger partial charge >= 0.3 is 6.61 Å². The summed E-state index contributed by atoms with van der Waals surface area (Å²) in [5, 5.41) is 19.5. The summed E-state index contributed by atoms with van der Waals surface area (Å²) >= 11 is 1.45. The van der Waals surface area contributed by atoms with E-state index in [0.717, 1.165) is 56.2 Å². The van der Waals surface area contributed by atoms with Gasteiger partial charge in [-0.25, -0.2) is 9.50 Å². The van der Waals surface area contributed by atoms with Crippen molar-refractivity contribution in [3.8, 4) is 17.0 Å². The molecule has 16 heteroatoms. The molecule has 1 amide bonds. The van der Waals surface area contributed by atoms with E-state index in [1.807, 2.05) is 17.1 Å². The number of rotatable bonds is 10. The third kappa shape index (κ3) is 6.32. The Balaban J connectivity index is 1.16. The zero-order valence-corrected chi connectivity index (χ0v) is 25.9. The number of amides is 1. The lowest BCUT2D eigenvalue weighted by Gasteiger charge is -2.33. The van der Waals surface area contributed by atoms with Gasteiger partial charge in [0.05, 0.1) is 18.5 Å². The van der Waals surface area contributed by atoms with Crippen LogP contribution >= 0.6 is 11.8 Å². The molecule has 0 spiro atoms. The SMILES string of the molecule is CSc1ccc(OC(F)F)c(-c2nn(Cc3c[n+](C4CCN(C5CCOC5)CC4)[nH]n3)cc2NC(=O)c2cnn3cccnc23)c1. The number of piperidine rings is 1. The van der Waals surface area contributed by atoms with Crippen LogP contribution in [0.3, 0.4) is 0 Å². The number of aromatic amines is 1. The fourth-order valence-electron chi connectivity index (χ4n) is 6.10. The summed E-state index contributed by atoms with van der Waals surface area (Å²) in [7, 11) is 0. The molecule has 2 aliphatic heterocycles. The van der Waals surface area contributed by atoms with E-state index in [2.05, 4.69) is 30.6 Å². The molecular weight excluding hydrogens is 618 g/mol. The van der Waals surface area contributed by atoms with Gasteiger partial charge < -0.3 is 14.8 Å². The number of H-pyrrole nitrogens is 1. The fraction of sp³-hybridized carbons (Fsp3) is 0.400. The van der Waals surface area contributed by atoms with Gasteiger partial charge in [-0.05, 0) is 36.9 Å². The number of anilines is 1. The third-order valence-corrected chi connectivity index (χ3v) is 9.15. The van der Waals surface area contributed by atoms with Crippen LogP contribution < -0.4 is 14.7 Å². The molecule has 4 aromatic heterocycles. The molecule has 2 N–H and O–H groups in total. The van der Waals surface area contributed by atoms with Crippen LogP contribution in [0.4, 0.5) is 14.5 Å². The minimum atomic E-state index is -3.04. The molecule has 46 heavy (non-hydrogen) atoms. The Hall–Kier alpha value is -4.41. The number of hydrogen-bond acceptors (Lipinski definition) is 9. The smallest absolute Gasteiger partial charge is 0.387 e. The van der Waals surface area contributed by atoms with Crippen LogP contribution in [0.1, 0.15) is 41.4 Å². The highest BCUT2D eigenvalue weighted by Crippen LogP contribution is 2.38. The molecule has 0 radical (unpaired) electrons. The lowest BCUT2D eigenvalue weighted by Crippen LogP contribution is -2.50. The molecular formula is C30H33F2N10O3S+. The van der Waals surface area contributed by atoms with E-state index in [1.54, 1.807) is 41.5 Å². The molecule has 0 bridgehead atoms. The summed E-state index contributed by atoms with van der Waals surface area (Å²) < 4.78 is 42.5. The first-order chi connectivity index (χ1) is 22.4. The van der Waals surface area contributed by atoms with Gasteiger partial charge in [-0.3, -0.25) is 14.4 Å². The van der Waals surface area contributed by atoms with Crippen molar-refractivity contribution in [2.45, 2.75) is 49.4 Å². The Labute approximate surface area is 266 Å². The maximum Gasteiger partial charge on any atom is 0.387 e. The number of hydrogen-bond donors (Lipinski definition) is 2. The Bertz CT molecular complexity index is 1830. The van der Waals surface area contributed by atoms with Crippen LogP contribution in [0.15, 0.2) is 60.1 Å². The second-order valence-electron chi connectivity index (χ2n) is 11.3. The second kappa shape index (κ2) is 13.1. The van der Waals surface area contributed by atoms with E-state index in [9.17, 15) is 13.6 Å². The van der Waals surface area contributed by atoms with Crippen molar-refractivity contribution in [3.63, 3.8) is 0 Å². The van der Waals surface area contributed by atoms with Gasteiger partial charge in [0.25, 0.3) is 5.91 Å². The van der Waals surface area contributed by atoms with E-state index in [-0.39, 0.29) is 23.6 Å². The van der Waals surface area contributed by atoms with Crippen molar-refractivity contribution in [2.75, 3.05) is 37.9 Å². The van der Waals surface area contributed by atoms with Gasteiger partial charge in [-0.2, -0.15) is 23.7 Å². The molecule has 0 aliphatic carbocycles. The van der Waals surface area contributed by atoms with Gasteiger partial charge in [0.15, 0.2) is 11.8 Å². The lowest BCUT2D eigenvalue weighted by atomic mass is 10.0. The number of carbonyl (C=O) groups excluding carboxylic acids is 1. The molecule has 13 nitrogen and oxygen atoms in total. The summed E-state index contributed by atoms with van der Waals surface area (Å²) in [5.41, 5.74) is 2.26. The zero-order valence-electron chi connectivity index (χ0n) is 25.1. The lowest BCUT2D eigenvalue weighted by molar-refractivity contribution is -0.779. The maximum atomic E-state index is 13.5. The summed E-state index contributed by atoms with van der Waals surface area (Å²) in [6.07, 6.45) is 13.3. The number of halogens is 2. The Morgan fingerprint density at radius 3 is 2.93 bits per heavy atom. The molecule has 7 rings (SSSR count). The predicted octanol–water partition coefficient (Wildman–Crippen LogP) is 3.65. The van der Waals surface area contributed by atoms with Gasteiger partial charge in [-0.15, -0.1) is 11.8 Å². The van der Waals surface area contributed by atoms with Gasteiger partial charge in [0.2, 0.25) is 5.69 Å². The molecule has 1 atom stereocenters. The highest BCUT2D eigenvalue weighted by atomic mass is 32.2. The van der Waals surface area contributed by atoms with Crippen molar-refractivity contribution in [2.24, 2.45) is 0 Å². The summed E-state index contributed by atoms with van der Waals surface area (Å²) in [6, 6.07) is 7.41. The number of thioether (sulfide) groups is 1. The van der Waals surface area contributed by atoms with Gasteiger partial charge in [0.1, 0.15) is 29.6 Å².